The standard InChI is InChI=1S/C38H40N4O3/c43-37(32-8-4-22-39-32)41-29-16-10-26(11-17-29)34-35(27-12-18-30(19-13-27)42-38(44)33-9-5-23-40-33)36(34)28-14-20-31(21-15-28)45-24-25-6-2-1-3-7-25/h1-3,6-7,10-21,32-36,39-40H,4-5,8-9,22-24H2,(H,41,43)(H,42,44)/t32-,33-,34?,35?,36?/m0/s1. The van der Waals surface area contributed by atoms with E-state index in [0.29, 0.717) is 24.4 Å². The highest BCUT2D eigenvalue weighted by atomic mass is 16.5. The fourth-order valence-corrected chi connectivity index (χ4v) is 6.93. The molecule has 7 rings (SSSR count). The molecule has 3 aliphatic rings. The zero-order chi connectivity index (χ0) is 30.6. The average molecular weight is 601 g/mol. The number of hydrogen-bond donors (Lipinski definition) is 4. The molecule has 4 aromatic carbocycles. The SMILES string of the molecule is O=C(Nc1ccc(C2C(c3ccc(NC(=O)[C@@H]4CCCN4)cc3)C2c2ccc(OCc3ccccc3)cc2)cc1)[C@@H]1CCCN1. The van der Waals surface area contributed by atoms with Gasteiger partial charge in [0.1, 0.15) is 12.4 Å². The van der Waals surface area contributed by atoms with Gasteiger partial charge in [-0.1, -0.05) is 66.7 Å². The van der Waals surface area contributed by atoms with Crippen molar-refractivity contribution in [2.45, 2.75) is 62.1 Å². The van der Waals surface area contributed by atoms with Crippen molar-refractivity contribution in [1.29, 1.82) is 0 Å². The summed E-state index contributed by atoms with van der Waals surface area (Å²) in [5, 5.41) is 12.7. The van der Waals surface area contributed by atoms with Crippen molar-refractivity contribution >= 4 is 23.2 Å². The molecular formula is C38H40N4O3. The van der Waals surface area contributed by atoms with E-state index in [1.165, 1.54) is 16.7 Å². The largest absolute Gasteiger partial charge is 0.489 e. The molecule has 1 aliphatic carbocycles. The molecule has 0 aromatic heterocycles. The second kappa shape index (κ2) is 13.3. The minimum atomic E-state index is -0.108. The number of amides is 2. The van der Waals surface area contributed by atoms with Gasteiger partial charge in [0.05, 0.1) is 12.1 Å². The molecule has 0 spiro atoms. The van der Waals surface area contributed by atoms with Gasteiger partial charge >= 0.3 is 0 Å². The first-order valence-corrected chi connectivity index (χ1v) is 16.2. The van der Waals surface area contributed by atoms with Crippen molar-refractivity contribution in [3.05, 3.63) is 125 Å². The highest BCUT2D eigenvalue weighted by molar-refractivity contribution is 5.95. The number of anilines is 2. The normalized spacial score (nSPS) is 23.8. The Balaban J connectivity index is 1.08. The van der Waals surface area contributed by atoms with Gasteiger partial charge in [0, 0.05) is 11.4 Å². The minimum absolute atomic E-state index is 0.0351. The van der Waals surface area contributed by atoms with Gasteiger partial charge in [-0.25, -0.2) is 0 Å². The number of benzene rings is 4. The highest BCUT2D eigenvalue weighted by Crippen LogP contribution is 2.66. The van der Waals surface area contributed by atoms with Gasteiger partial charge in [0.15, 0.2) is 0 Å². The summed E-state index contributed by atoms with van der Waals surface area (Å²) in [6.07, 6.45) is 3.83. The van der Waals surface area contributed by atoms with E-state index < -0.39 is 0 Å². The summed E-state index contributed by atoms with van der Waals surface area (Å²) in [4.78, 5) is 25.3. The maximum atomic E-state index is 12.6. The summed E-state index contributed by atoms with van der Waals surface area (Å²) in [7, 11) is 0. The van der Waals surface area contributed by atoms with Crippen molar-refractivity contribution in [2.24, 2.45) is 0 Å². The van der Waals surface area contributed by atoms with Gasteiger partial charge in [0.2, 0.25) is 11.8 Å². The summed E-state index contributed by atoms with van der Waals surface area (Å²) < 4.78 is 6.06. The predicted molar refractivity (Wildman–Crippen MR) is 178 cm³/mol. The molecule has 2 amide bonds. The molecule has 4 aromatic rings. The fraction of sp³-hybridized carbons (Fsp3) is 0.316. The third-order valence-electron chi connectivity index (χ3n) is 9.41. The summed E-state index contributed by atoms with van der Waals surface area (Å²) in [6, 6.07) is 35.1. The number of rotatable bonds is 10. The van der Waals surface area contributed by atoms with E-state index in [-0.39, 0.29) is 23.9 Å². The van der Waals surface area contributed by atoms with E-state index in [9.17, 15) is 9.59 Å². The molecule has 230 valence electrons. The highest BCUT2D eigenvalue weighted by Gasteiger charge is 2.52. The lowest BCUT2D eigenvalue weighted by Crippen LogP contribution is -2.35. The average Bonchev–Trinajstić information content (AvgIpc) is 3.43. The van der Waals surface area contributed by atoms with Crippen LogP contribution in [0, 0.1) is 0 Å². The Morgan fingerprint density at radius 1 is 0.600 bits per heavy atom. The molecular weight excluding hydrogens is 560 g/mol. The van der Waals surface area contributed by atoms with Crippen LogP contribution in [0.25, 0.3) is 0 Å². The van der Waals surface area contributed by atoms with Crippen LogP contribution in [0.4, 0.5) is 11.4 Å². The summed E-state index contributed by atoms with van der Waals surface area (Å²) >= 11 is 0. The second-order valence-electron chi connectivity index (χ2n) is 12.4. The Morgan fingerprint density at radius 2 is 1.04 bits per heavy atom. The van der Waals surface area contributed by atoms with E-state index in [1.807, 2.05) is 42.5 Å². The Morgan fingerprint density at radius 3 is 1.47 bits per heavy atom. The Labute approximate surface area is 264 Å². The molecule has 2 aliphatic heterocycles. The zero-order valence-electron chi connectivity index (χ0n) is 25.4. The molecule has 45 heavy (non-hydrogen) atoms. The van der Waals surface area contributed by atoms with Crippen LogP contribution in [0.15, 0.2) is 103 Å². The summed E-state index contributed by atoms with van der Waals surface area (Å²) in [5.41, 5.74) is 6.55. The van der Waals surface area contributed by atoms with Crippen LogP contribution in [0.2, 0.25) is 0 Å². The first kappa shape index (κ1) is 29.3. The first-order chi connectivity index (χ1) is 22.1. The van der Waals surface area contributed by atoms with Gasteiger partial charge in [-0.3, -0.25) is 9.59 Å². The van der Waals surface area contributed by atoms with Crippen molar-refractivity contribution < 1.29 is 14.3 Å². The maximum Gasteiger partial charge on any atom is 0.241 e. The smallest absolute Gasteiger partial charge is 0.241 e. The van der Waals surface area contributed by atoms with E-state index in [1.54, 1.807) is 0 Å². The lowest BCUT2D eigenvalue weighted by molar-refractivity contribution is -0.118. The van der Waals surface area contributed by atoms with E-state index in [2.05, 4.69) is 81.9 Å². The fourth-order valence-electron chi connectivity index (χ4n) is 6.93. The third-order valence-corrected chi connectivity index (χ3v) is 9.41. The summed E-state index contributed by atoms with van der Waals surface area (Å²) in [6.45, 7) is 2.33. The van der Waals surface area contributed by atoms with Gasteiger partial charge in [0.25, 0.3) is 0 Å². The Kier molecular flexibility index (Phi) is 8.63. The molecule has 7 heteroatoms. The maximum absolute atomic E-state index is 12.6. The number of nitrogens with one attached hydrogen (secondary N) is 4. The molecule has 7 nitrogen and oxygen atoms in total. The molecule has 4 atom stereocenters. The van der Waals surface area contributed by atoms with Crippen LogP contribution >= 0.6 is 0 Å². The molecule has 2 saturated heterocycles. The van der Waals surface area contributed by atoms with Crippen LogP contribution in [-0.4, -0.2) is 37.0 Å². The van der Waals surface area contributed by atoms with Gasteiger partial charge in [-0.15, -0.1) is 0 Å². The molecule has 0 bridgehead atoms. The van der Waals surface area contributed by atoms with Crippen LogP contribution in [0.3, 0.4) is 0 Å². The number of carbonyl (C=O) groups is 2. The van der Waals surface area contributed by atoms with E-state index in [0.717, 1.165) is 61.5 Å². The van der Waals surface area contributed by atoms with E-state index in [4.69, 9.17) is 4.74 Å². The van der Waals surface area contributed by atoms with Gasteiger partial charge < -0.3 is 26.0 Å². The van der Waals surface area contributed by atoms with Gasteiger partial charge in [-0.2, -0.15) is 0 Å². The number of carbonyl (C=O) groups excluding carboxylic acids is 2. The second-order valence-corrected chi connectivity index (χ2v) is 12.4. The quantitative estimate of drug-likeness (QED) is 0.171. The number of hydrogen-bond acceptors (Lipinski definition) is 5. The van der Waals surface area contributed by atoms with Crippen LogP contribution < -0.4 is 26.0 Å². The van der Waals surface area contributed by atoms with Crippen molar-refractivity contribution in [1.82, 2.24) is 10.6 Å². The van der Waals surface area contributed by atoms with Crippen molar-refractivity contribution in [3.63, 3.8) is 0 Å². The zero-order valence-corrected chi connectivity index (χ0v) is 25.4. The monoisotopic (exact) mass is 600 g/mol. The molecule has 4 N–H and O–H groups in total. The van der Waals surface area contributed by atoms with Gasteiger partial charge in [-0.05, 0) is 115 Å². The molecule has 1 saturated carbocycles. The molecule has 3 fully saturated rings. The Hall–Kier alpha value is -4.46. The van der Waals surface area contributed by atoms with Crippen molar-refractivity contribution in [2.75, 3.05) is 23.7 Å². The third kappa shape index (κ3) is 6.80. The van der Waals surface area contributed by atoms with Crippen molar-refractivity contribution in [3.8, 4) is 5.75 Å². The topological polar surface area (TPSA) is 91.5 Å². The molecule has 0 radical (unpaired) electrons. The Bertz CT molecular complexity index is 1510. The lowest BCUT2D eigenvalue weighted by atomic mass is 10.0. The molecule has 2 heterocycles. The van der Waals surface area contributed by atoms with E-state index >= 15 is 0 Å². The lowest BCUT2D eigenvalue weighted by Gasteiger charge is -2.12. The van der Waals surface area contributed by atoms with Crippen LogP contribution in [-0.2, 0) is 16.2 Å². The minimum Gasteiger partial charge on any atom is -0.489 e. The van der Waals surface area contributed by atoms with Crippen LogP contribution in [0.5, 0.6) is 5.75 Å². The van der Waals surface area contributed by atoms with Crippen LogP contribution in [0.1, 0.15) is 65.7 Å². The summed E-state index contributed by atoms with van der Waals surface area (Å²) in [5.74, 6) is 1.82. The predicted octanol–water partition coefficient (Wildman–Crippen LogP) is 6.31. The number of ether oxygens (including phenoxy) is 1. The molecule has 2 unspecified atom stereocenters. The first-order valence-electron chi connectivity index (χ1n) is 16.2.